The molecule has 3 rings (SSSR count). The van der Waals surface area contributed by atoms with E-state index in [9.17, 15) is 0 Å². The summed E-state index contributed by atoms with van der Waals surface area (Å²) in [4.78, 5) is 0.294. The summed E-state index contributed by atoms with van der Waals surface area (Å²) >= 11 is 10.2. The van der Waals surface area contributed by atoms with Gasteiger partial charge in [-0.15, -0.1) is 0 Å². The molecule has 21 heavy (non-hydrogen) atoms. The molecule has 1 aliphatic carbocycles. The first-order valence-corrected chi connectivity index (χ1v) is 9.26. The molecule has 2 nitrogen and oxygen atoms in total. The highest BCUT2D eigenvalue weighted by Crippen LogP contribution is 2.42. The van der Waals surface area contributed by atoms with Crippen molar-refractivity contribution in [3.05, 3.63) is 22.7 Å². The Morgan fingerprint density at radius 1 is 1.10 bits per heavy atom. The third kappa shape index (κ3) is 3.87. The lowest BCUT2D eigenvalue weighted by molar-refractivity contribution is 0.297. The molecule has 0 bridgehead atoms. The lowest BCUT2D eigenvalue weighted by atomic mass is 9.98. The maximum absolute atomic E-state index is 6.44. The van der Waals surface area contributed by atoms with Crippen LogP contribution in [0.1, 0.15) is 55.3 Å². The summed E-state index contributed by atoms with van der Waals surface area (Å²) in [5.74, 6) is 2.51. The Morgan fingerprint density at radius 2 is 1.76 bits per heavy atom. The summed E-state index contributed by atoms with van der Waals surface area (Å²) in [5, 5.41) is 0.771. The Hall–Kier alpha value is -0.410. The molecular weight excluding hydrogens is 352 g/mol. The van der Waals surface area contributed by atoms with Gasteiger partial charge in [0.2, 0.25) is 0 Å². The molecule has 1 fully saturated rings. The fraction of sp³-hybridized carbons (Fsp3) is 0.647. The number of hydrogen-bond acceptors (Lipinski definition) is 2. The van der Waals surface area contributed by atoms with E-state index in [1.165, 1.54) is 32.1 Å². The summed E-state index contributed by atoms with van der Waals surface area (Å²) in [6.45, 7) is 1.41. The fourth-order valence-electron chi connectivity index (χ4n) is 3.28. The predicted molar refractivity (Wildman–Crippen MR) is 89.9 cm³/mol. The van der Waals surface area contributed by atoms with Gasteiger partial charge in [0, 0.05) is 22.3 Å². The maximum Gasteiger partial charge on any atom is 0.162 e. The van der Waals surface area contributed by atoms with Crippen molar-refractivity contribution in [1.29, 1.82) is 0 Å². The van der Waals surface area contributed by atoms with Crippen LogP contribution in [0, 0.1) is 5.92 Å². The van der Waals surface area contributed by atoms with Crippen LogP contribution in [-0.4, -0.2) is 13.2 Å². The first kappa shape index (κ1) is 15.5. The normalized spacial score (nSPS) is 20.3. The lowest BCUT2D eigenvalue weighted by Gasteiger charge is -2.17. The molecule has 1 aromatic rings. The van der Waals surface area contributed by atoms with Crippen molar-refractivity contribution in [2.75, 3.05) is 13.2 Å². The molecule has 0 radical (unpaired) electrons. The number of ether oxygens (including phenoxy) is 2. The highest BCUT2D eigenvalue weighted by atomic mass is 79.9. The van der Waals surface area contributed by atoms with E-state index in [1.807, 2.05) is 6.07 Å². The second-order valence-corrected chi connectivity index (χ2v) is 7.58. The molecule has 0 aromatic heterocycles. The zero-order valence-electron chi connectivity index (χ0n) is 12.2. The van der Waals surface area contributed by atoms with E-state index in [4.69, 9.17) is 21.1 Å². The first-order chi connectivity index (χ1) is 10.2. The molecule has 1 saturated carbocycles. The van der Waals surface area contributed by atoms with E-state index in [-0.39, 0.29) is 0 Å². The Labute approximate surface area is 140 Å². The summed E-state index contributed by atoms with van der Waals surface area (Å²) in [7, 11) is 0. The van der Waals surface area contributed by atoms with Gasteiger partial charge in [0.15, 0.2) is 11.5 Å². The minimum Gasteiger partial charge on any atom is -0.490 e. The summed E-state index contributed by atoms with van der Waals surface area (Å²) in [5.41, 5.74) is 1.12. The lowest BCUT2D eigenvalue weighted by Crippen LogP contribution is -1.99. The van der Waals surface area contributed by atoms with E-state index in [0.29, 0.717) is 18.0 Å². The van der Waals surface area contributed by atoms with Crippen LogP contribution >= 0.6 is 27.5 Å². The van der Waals surface area contributed by atoms with Gasteiger partial charge >= 0.3 is 0 Å². The molecule has 2 aliphatic rings. The van der Waals surface area contributed by atoms with Gasteiger partial charge in [0.1, 0.15) is 0 Å². The molecule has 0 amide bonds. The van der Waals surface area contributed by atoms with Crippen LogP contribution < -0.4 is 9.47 Å². The van der Waals surface area contributed by atoms with Crippen molar-refractivity contribution in [3.8, 4) is 11.5 Å². The van der Waals surface area contributed by atoms with E-state index in [1.54, 1.807) is 0 Å². The summed E-state index contributed by atoms with van der Waals surface area (Å²) in [6, 6.07) is 3.96. The minimum atomic E-state index is 0.294. The van der Waals surface area contributed by atoms with Crippen molar-refractivity contribution < 1.29 is 9.47 Å². The van der Waals surface area contributed by atoms with Crippen LogP contribution in [0.5, 0.6) is 11.5 Å². The van der Waals surface area contributed by atoms with Gasteiger partial charge in [0.25, 0.3) is 0 Å². The smallest absolute Gasteiger partial charge is 0.162 e. The number of halogens is 2. The molecular formula is C17H22BrClO2. The molecule has 0 saturated heterocycles. The first-order valence-electron chi connectivity index (χ1n) is 7.97. The molecule has 1 aromatic carbocycles. The topological polar surface area (TPSA) is 18.5 Å². The molecule has 1 unspecified atom stereocenters. The second-order valence-electron chi connectivity index (χ2n) is 6.07. The second kappa shape index (κ2) is 7.23. The molecule has 1 heterocycles. The van der Waals surface area contributed by atoms with Gasteiger partial charge < -0.3 is 9.47 Å². The van der Waals surface area contributed by atoms with Crippen molar-refractivity contribution in [3.63, 3.8) is 0 Å². The van der Waals surface area contributed by atoms with Crippen LogP contribution in [0.4, 0.5) is 0 Å². The van der Waals surface area contributed by atoms with Crippen LogP contribution in [0.25, 0.3) is 0 Å². The monoisotopic (exact) mass is 372 g/mol. The van der Waals surface area contributed by atoms with Crippen molar-refractivity contribution in [1.82, 2.24) is 0 Å². The molecule has 1 atom stereocenters. The average molecular weight is 374 g/mol. The third-order valence-electron chi connectivity index (χ3n) is 4.51. The number of fused-ring (bicyclic) bond motifs is 1. The average Bonchev–Trinajstić information content (AvgIpc) is 2.89. The number of hydrogen-bond donors (Lipinski definition) is 0. The minimum absolute atomic E-state index is 0.294. The molecule has 1 aliphatic heterocycles. The Kier molecular flexibility index (Phi) is 5.33. The van der Waals surface area contributed by atoms with Gasteiger partial charge in [-0.25, -0.2) is 0 Å². The standard InChI is InChI=1S/C17H22BrClO2/c18-14(7-6-12-4-1-2-5-12)13-10-16-17(11-15(13)19)21-9-3-8-20-16/h10-12,14H,1-9H2. The summed E-state index contributed by atoms with van der Waals surface area (Å²) in [6.07, 6.45) is 8.93. The Bertz CT molecular complexity index is 486. The maximum atomic E-state index is 6.44. The van der Waals surface area contributed by atoms with E-state index in [2.05, 4.69) is 22.0 Å². The van der Waals surface area contributed by atoms with Crippen LogP contribution in [0.15, 0.2) is 12.1 Å². The zero-order chi connectivity index (χ0) is 14.7. The van der Waals surface area contributed by atoms with E-state index < -0.39 is 0 Å². The van der Waals surface area contributed by atoms with Crippen molar-refractivity contribution in [2.24, 2.45) is 5.92 Å². The van der Waals surface area contributed by atoms with Gasteiger partial charge in [-0.1, -0.05) is 53.2 Å². The van der Waals surface area contributed by atoms with Crippen molar-refractivity contribution in [2.45, 2.75) is 49.8 Å². The Balaban J connectivity index is 1.69. The predicted octanol–water partition coefficient (Wildman–Crippen LogP) is 5.91. The molecule has 4 heteroatoms. The quantitative estimate of drug-likeness (QED) is 0.611. The largest absolute Gasteiger partial charge is 0.490 e. The molecule has 0 N–H and O–H groups in total. The van der Waals surface area contributed by atoms with Crippen LogP contribution in [0.2, 0.25) is 5.02 Å². The van der Waals surface area contributed by atoms with Crippen molar-refractivity contribution >= 4 is 27.5 Å². The fourth-order valence-corrected chi connectivity index (χ4v) is 4.34. The number of rotatable bonds is 4. The summed E-state index contributed by atoms with van der Waals surface area (Å²) < 4.78 is 11.4. The number of benzene rings is 1. The molecule has 0 spiro atoms. The van der Waals surface area contributed by atoms with Gasteiger partial charge in [-0.2, -0.15) is 0 Å². The van der Waals surface area contributed by atoms with E-state index in [0.717, 1.165) is 40.8 Å². The SMILES string of the molecule is Clc1cc2c(cc1C(Br)CCC1CCCC1)OCCCO2. The molecule has 116 valence electrons. The van der Waals surface area contributed by atoms with Gasteiger partial charge in [0.05, 0.1) is 13.2 Å². The van der Waals surface area contributed by atoms with E-state index >= 15 is 0 Å². The zero-order valence-corrected chi connectivity index (χ0v) is 14.6. The van der Waals surface area contributed by atoms with Crippen LogP contribution in [-0.2, 0) is 0 Å². The van der Waals surface area contributed by atoms with Crippen LogP contribution in [0.3, 0.4) is 0 Å². The highest BCUT2D eigenvalue weighted by Gasteiger charge is 2.21. The van der Waals surface area contributed by atoms with Gasteiger partial charge in [-0.3, -0.25) is 0 Å². The number of alkyl halides is 1. The Morgan fingerprint density at radius 3 is 2.48 bits per heavy atom. The third-order valence-corrected chi connectivity index (χ3v) is 5.79. The highest BCUT2D eigenvalue weighted by molar-refractivity contribution is 9.09. The van der Waals surface area contributed by atoms with Gasteiger partial charge in [-0.05, 0) is 30.4 Å².